The number of nitrogens with zero attached hydrogens (tertiary/aromatic N) is 1. The maximum absolute atomic E-state index is 11.8. The van der Waals surface area contributed by atoms with Gasteiger partial charge in [-0.2, -0.15) is 5.10 Å². The summed E-state index contributed by atoms with van der Waals surface area (Å²) in [5.41, 5.74) is 3.31. The molecule has 1 aromatic carbocycles. The van der Waals surface area contributed by atoms with Crippen LogP contribution in [0.2, 0.25) is 5.02 Å². The normalized spacial score (nSPS) is 12.7. The lowest BCUT2D eigenvalue weighted by molar-refractivity contribution is -0.145. The molecule has 1 amide bonds. The van der Waals surface area contributed by atoms with Crippen molar-refractivity contribution >= 4 is 29.2 Å². The largest absolute Gasteiger partial charge is 0.465 e. The van der Waals surface area contributed by atoms with Gasteiger partial charge < -0.3 is 4.74 Å². The van der Waals surface area contributed by atoms with E-state index < -0.39 is 5.92 Å². The molecule has 0 aliphatic carbocycles. The molecule has 1 rings (SSSR count). The molecule has 0 radical (unpaired) electrons. The molecule has 0 unspecified atom stereocenters. The van der Waals surface area contributed by atoms with Crippen molar-refractivity contribution in [3.8, 4) is 0 Å². The van der Waals surface area contributed by atoms with E-state index in [0.29, 0.717) is 22.9 Å². The first kappa shape index (κ1) is 16.2. The summed E-state index contributed by atoms with van der Waals surface area (Å²) >= 11 is 5.74. The second-order valence-corrected chi connectivity index (χ2v) is 4.61. The molecule has 5 nitrogen and oxygen atoms in total. The zero-order valence-corrected chi connectivity index (χ0v) is 12.4. The lowest BCUT2D eigenvalue weighted by atomic mass is 10.1. The Morgan fingerprint density at radius 1 is 1.35 bits per heavy atom. The van der Waals surface area contributed by atoms with E-state index >= 15 is 0 Å². The average Bonchev–Trinajstić information content (AvgIpc) is 2.44. The first-order chi connectivity index (χ1) is 9.45. The van der Waals surface area contributed by atoms with Gasteiger partial charge in [-0.1, -0.05) is 11.6 Å². The predicted octanol–water partition coefficient (Wildman–Crippen LogP) is 2.64. The summed E-state index contributed by atoms with van der Waals surface area (Å²) in [7, 11) is 0. The minimum atomic E-state index is -0.500. The van der Waals surface area contributed by atoms with Gasteiger partial charge in [-0.05, 0) is 45.0 Å². The van der Waals surface area contributed by atoms with Crippen LogP contribution in [0.5, 0.6) is 0 Å². The minimum absolute atomic E-state index is 0.313. The van der Waals surface area contributed by atoms with Crippen molar-refractivity contribution in [2.24, 2.45) is 11.0 Å². The van der Waals surface area contributed by atoms with E-state index in [1.807, 2.05) is 0 Å². The molecule has 0 aliphatic rings. The van der Waals surface area contributed by atoms with Gasteiger partial charge >= 0.3 is 5.97 Å². The quantitative estimate of drug-likeness (QED) is 0.516. The monoisotopic (exact) mass is 296 g/mol. The van der Waals surface area contributed by atoms with Crippen LogP contribution in [0.25, 0.3) is 0 Å². The fourth-order valence-corrected chi connectivity index (χ4v) is 1.47. The molecular weight excluding hydrogens is 280 g/mol. The molecule has 0 heterocycles. The Hall–Kier alpha value is -1.88. The number of hydrogen-bond acceptors (Lipinski definition) is 4. The fourth-order valence-electron chi connectivity index (χ4n) is 1.34. The van der Waals surface area contributed by atoms with Gasteiger partial charge in [0.25, 0.3) is 5.91 Å². The van der Waals surface area contributed by atoms with Crippen LogP contribution in [0.15, 0.2) is 29.4 Å². The maximum Gasteiger partial charge on any atom is 0.314 e. The summed E-state index contributed by atoms with van der Waals surface area (Å²) < 4.78 is 4.88. The third kappa shape index (κ3) is 4.66. The molecule has 1 aromatic rings. The Morgan fingerprint density at radius 2 is 1.95 bits per heavy atom. The molecular formula is C14H17ClN2O3. The highest BCUT2D eigenvalue weighted by atomic mass is 35.5. The van der Waals surface area contributed by atoms with Crippen molar-refractivity contribution in [2.45, 2.75) is 20.8 Å². The third-order valence-corrected chi connectivity index (χ3v) is 2.96. The second kappa shape index (κ2) is 7.65. The molecule has 0 spiro atoms. The van der Waals surface area contributed by atoms with E-state index in [1.54, 1.807) is 45.0 Å². The molecule has 0 aliphatic heterocycles. The lowest BCUT2D eigenvalue weighted by Gasteiger charge is -2.10. The van der Waals surface area contributed by atoms with Gasteiger partial charge in [-0.3, -0.25) is 9.59 Å². The number of amides is 1. The van der Waals surface area contributed by atoms with Crippen LogP contribution in [-0.2, 0) is 9.53 Å². The van der Waals surface area contributed by atoms with Gasteiger partial charge in [0.05, 0.1) is 12.5 Å². The number of nitrogens with one attached hydrogen (secondary N) is 1. The molecule has 0 aromatic heterocycles. The smallest absolute Gasteiger partial charge is 0.314 e. The van der Waals surface area contributed by atoms with Crippen LogP contribution in [0.1, 0.15) is 31.1 Å². The van der Waals surface area contributed by atoms with Crippen LogP contribution < -0.4 is 5.43 Å². The van der Waals surface area contributed by atoms with Crippen molar-refractivity contribution in [1.82, 2.24) is 5.43 Å². The number of carbonyl (C=O) groups is 2. The first-order valence-corrected chi connectivity index (χ1v) is 6.60. The minimum Gasteiger partial charge on any atom is -0.465 e. The van der Waals surface area contributed by atoms with Gasteiger partial charge in [-0.25, -0.2) is 5.43 Å². The number of hydrazone groups is 1. The van der Waals surface area contributed by atoms with Gasteiger partial charge in [0.1, 0.15) is 0 Å². The Kier molecular flexibility index (Phi) is 6.18. The zero-order chi connectivity index (χ0) is 15.1. The average molecular weight is 297 g/mol. The molecule has 0 bridgehead atoms. The molecule has 0 saturated carbocycles. The van der Waals surface area contributed by atoms with Crippen molar-refractivity contribution in [3.63, 3.8) is 0 Å². The van der Waals surface area contributed by atoms with E-state index in [-0.39, 0.29) is 11.9 Å². The Morgan fingerprint density at radius 3 is 2.50 bits per heavy atom. The summed E-state index contributed by atoms with van der Waals surface area (Å²) in [5.74, 6) is -1.23. The molecule has 1 N–H and O–H groups in total. The summed E-state index contributed by atoms with van der Waals surface area (Å²) in [6.07, 6.45) is 0. The van der Waals surface area contributed by atoms with Crippen molar-refractivity contribution in [2.75, 3.05) is 6.61 Å². The number of rotatable bonds is 5. The fraction of sp³-hybridized carbons (Fsp3) is 0.357. The van der Waals surface area contributed by atoms with Crippen LogP contribution in [0.4, 0.5) is 0 Å². The highest BCUT2D eigenvalue weighted by Crippen LogP contribution is 2.09. The van der Waals surface area contributed by atoms with Crippen molar-refractivity contribution in [3.05, 3.63) is 34.9 Å². The molecule has 0 fully saturated rings. The van der Waals surface area contributed by atoms with E-state index in [0.717, 1.165) is 0 Å². The maximum atomic E-state index is 11.8. The molecule has 20 heavy (non-hydrogen) atoms. The molecule has 6 heteroatoms. The highest BCUT2D eigenvalue weighted by Gasteiger charge is 2.17. The third-order valence-electron chi connectivity index (χ3n) is 2.71. The second-order valence-electron chi connectivity index (χ2n) is 4.17. The molecule has 0 saturated heterocycles. The Bertz CT molecular complexity index is 512. The van der Waals surface area contributed by atoms with Gasteiger partial charge in [-0.15, -0.1) is 0 Å². The summed E-state index contributed by atoms with van der Waals surface area (Å²) in [6.45, 7) is 5.38. The number of ether oxygens (including phenoxy) is 1. The van der Waals surface area contributed by atoms with E-state index in [2.05, 4.69) is 10.5 Å². The molecule has 108 valence electrons. The predicted molar refractivity (Wildman–Crippen MR) is 77.8 cm³/mol. The summed E-state index contributed by atoms with van der Waals surface area (Å²) in [4.78, 5) is 23.3. The van der Waals surface area contributed by atoms with Gasteiger partial charge in [0.15, 0.2) is 0 Å². The van der Waals surface area contributed by atoms with Gasteiger partial charge in [0, 0.05) is 16.3 Å². The first-order valence-electron chi connectivity index (χ1n) is 6.22. The van der Waals surface area contributed by atoms with E-state index in [1.165, 1.54) is 0 Å². The summed E-state index contributed by atoms with van der Waals surface area (Å²) in [5, 5.41) is 4.46. The zero-order valence-electron chi connectivity index (χ0n) is 11.6. The topological polar surface area (TPSA) is 67.8 Å². The van der Waals surface area contributed by atoms with Crippen LogP contribution in [0, 0.1) is 5.92 Å². The number of benzene rings is 1. The molecule has 1 atom stereocenters. The van der Waals surface area contributed by atoms with Crippen LogP contribution >= 0.6 is 11.6 Å². The standard InChI is InChI=1S/C14H17ClN2O3/c1-4-20-14(19)9(2)10(3)16-17-13(18)11-5-7-12(15)8-6-11/h5-9H,4H2,1-3H3,(H,17,18)/b16-10-/t9-/m0/s1. The van der Waals surface area contributed by atoms with Gasteiger partial charge in [0.2, 0.25) is 0 Å². The number of esters is 1. The van der Waals surface area contributed by atoms with Crippen molar-refractivity contribution in [1.29, 1.82) is 0 Å². The number of halogens is 1. The lowest BCUT2D eigenvalue weighted by Crippen LogP contribution is -2.25. The van der Waals surface area contributed by atoms with E-state index in [4.69, 9.17) is 16.3 Å². The SMILES string of the molecule is CCOC(=O)[C@@H](C)/C(C)=N\NC(=O)c1ccc(Cl)cc1. The van der Waals surface area contributed by atoms with Crippen LogP contribution in [-0.4, -0.2) is 24.2 Å². The Labute approximate surface area is 123 Å². The van der Waals surface area contributed by atoms with Crippen LogP contribution in [0.3, 0.4) is 0 Å². The Balaban J connectivity index is 2.64. The van der Waals surface area contributed by atoms with E-state index in [9.17, 15) is 9.59 Å². The summed E-state index contributed by atoms with van der Waals surface area (Å²) in [6, 6.07) is 6.43. The number of carbonyl (C=O) groups excluding carboxylic acids is 2. The highest BCUT2D eigenvalue weighted by molar-refractivity contribution is 6.30. The van der Waals surface area contributed by atoms with Crippen molar-refractivity contribution < 1.29 is 14.3 Å². The number of hydrogen-bond donors (Lipinski definition) is 1.